The lowest BCUT2D eigenvalue weighted by Gasteiger charge is -2.33. The Bertz CT molecular complexity index is 811. The number of methoxy groups -OCH3 is 1. The average Bonchev–Trinajstić information content (AvgIpc) is 2.97. The number of piperidine rings is 1. The van der Waals surface area contributed by atoms with Gasteiger partial charge in [0.2, 0.25) is 10.0 Å². The normalized spacial score (nSPS) is 16.9. The van der Waals surface area contributed by atoms with Crippen molar-refractivity contribution in [2.45, 2.75) is 12.8 Å². The van der Waals surface area contributed by atoms with E-state index >= 15 is 0 Å². The van der Waals surface area contributed by atoms with Crippen LogP contribution in [0.2, 0.25) is 0 Å². The molecule has 0 radical (unpaired) electrons. The van der Waals surface area contributed by atoms with Gasteiger partial charge in [0.05, 0.1) is 23.6 Å². The molecule has 0 N–H and O–H groups in total. The molecule has 0 spiro atoms. The van der Waals surface area contributed by atoms with E-state index in [9.17, 15) is 8.42 Å². The van der Waals surface area contributed by atoms with Crippen molar-refractivity contribution in [3.8, 4) is 5.75 Å². The number of nitrogens with zero attached hydrogens (tertiary/aromatic N) is 3. The Kier molecular flexibility index (Phi) is 4.98. The third kappa shape index (κ3) is 3.81. The van der Waals surface area contributed by atoms with Crippen LogP contribution in [-0.4, -0.2) is 57.8 Å². The number of rotatable bonds is 5. The molecule has 1 aromatic carbocycles. The monoisotopic (exact) mass is 369 g/mol. The van der Waals surface area contributed by atoms with Crippen molar-refractivity contribution in [2.24, 2.45) is 5.92 Å². The zero-order valence-electron chi connectivity index (χ0n) is 14.2. The van der Waals surface area contributed by atoms with E-state index in [1.165, 1.54) is 10.6 Å². The van der Waals surface area contributed by atoms with Gasteiger partial charge in [-0.3, -0.25) is 0 Å². The number of fused-ring (bicyclic) bond motifs is 1. The molecule has 0 saturated carbocycles. The van der Waals surface area contributed by atoms with Crippen LogP contribution in [0.4, 0.5) is 5.13 Å². The number of hydrogen-bond acceptors (Lipinski definition) is 6. The highest BCUT2D eigenvalue weighted by atomic mass is 32.2. The zero-order chi connectivity index (χ0) is 17.3. The number of sulfonamides is 1. The summed E-state index contributed by atoms with van der Waals surface area (Å²) in [6, 6.07) is 5.96. The Hall–Kier alpha value is -1.38. The topological polar surface area (TPSA) is 62.7 Å². The quantitative estimate of drug-likeness (QED) is 0.810. The predicted octanol–water partition coefficient (Wildman–Crippen LogP) is 2.41. The van der Waals surface area contributed by atoms with Gasteiger partial charge in [0.1, 0.15) is 5.75 Å². The van der Waals surface area contributed by atoms with Gasteiger partial charge in [0, 0.05) is 32.7 Å². The summed E-state index contributed by atoms with van der Waals surface area (Å²) in [5.41, 5.74) is 0.966. The van der Waals surface area contributed by atoms with Crippen LogP contribution in [0.15, 0.2) is 18.2 Å². The van der Waals surface area contributed by atoms with E-state index in [0.29, 0.717) is 12.5 Å². The highest BCUT2D eigenvalue weighted by Crippen LogP contribution is 2.33. The van der Waals surface area contributed by atoms with Crippen molar-refractivity contribution in [2.75, 3.05) is 44.9 Å². The first-order valence-corrected chi connectivity index (χ1v) is 10.6. The Balaban J connectivity index is 1.64. The molecule has 2 aromatic rings. The summed E-state index contributed by atoms with van der Waals surface area (Å²) in [4.78, 5) is 7.03. The summed E-state index contributed by atoms with van der Waals surface area (Å²) in [7, 11) is 0.221. The summed E-state index contributed by atoms with van der Waals surface area (Å²) in [5, 5.41) is 1.04. The molecule has 6 nitrogen and oxygen atoms in total. The van der Waals surface area contributed by atoms with Gasteiger partial charge in [-0.25, -0.2) is 17.7 Å². The summed E-state index contributed by atoms with van der Waals surface area (Å²) < 4.78 is 30.9. The molecule has 1 aliphatic rings. The van der Waals surface area contributed by atoms with Crippen molar-refractivity contribution in [1.29, 1.82) is 0 Å². The SMILES string of the molecule is COc1ccc2sc(N3CCC(CN(C)S(C)(=O)=O)CC3)nc2c1. The maximum Gasteiger partial charge on any atom is 0.210 e. The van der Waals surface area contributed by atoms with Crippen molar-refractivity contribution < 1.29 is 13.2 Å². The van der Waals surface area contributed by atoms with Crippen LogP contribution in [0, 0.1) is 5.92 Å². The van der Waals surface area contributed by atoms with Crippen molar-refractivity contribution in [3.05, 3.63) is 18.2 Å². The molecular formula is C16H23N3O3S2. The van der Waals surface area contributed by atoms with Crippen LogP contribution < -0.4 is 9.64 Å². The van der Waals surface area contributed by atoms with E-state index < -0.39 is 10.0 Å². The molecule has 2 heterocycles. The Morgan fingerprint density at radius 1 is 1.38 bits per heavy atom. The molecule has 3 rings (SSSR count). The van der Waals surface area contributed by atoms with Gasteiger partial charge in [-0.2, -0.15) is 0 Å². The van der Waals surface area contributed by atoms with Crippen LogP contribution >= 0.6 is 11.3 Å². The predicted molar refractivity (Wildman–Crippen MR) is 98.6 cm³/mol. The Labute approximate surface area is 147 Å². The van der Waals surface area contributed by atoms with Gasteiger partial charge in [0.25, 0.3) is 0 Å². The van der Waals surface area contributed by atoms with Crippen LogP contribution in [0.25, 0.3) is 10.2 Å². The van der Waals surface area contributed by atoms with E-state index in [4.69, 9.17) is 9.72 Å². The van der Waals surface area contributed by atoms with Gasteiger partial charge < -0.3 is 9.64 Å². The lowest BCUT2D eigenvalue weighted by Crippen LogP contribution is -2.39. The molecule has 1 fully saturated rings. The minimum absolute atomic E-state index is 0.412. The second-order valence-corrected chi connectivity index (χ2v) is 9.40. The highest BCUT2D eigenvalue weighted by Gasteiger charge is 2.24. The third-order valence-corrected chi connectivity index (χ3v) is 6.93. The van der Waals surface area contributed by atoms with Crippen LogP contribution in [0.3, 0.4) is 0 Å². The van der Waals surface area contributed by atoms with Gasteiger partial charge in [-0.05, 0) is 30.9 Å². The molecular weight excluding hydrogens is 346 g/mol. The molecule has 0 aliphatic carbocycles. The van der Waals surface area contributed by atoms with E-state index in [-0.39, 0.29) is 0 Å². The first-order valence-electron chi connectivity index (χ1n) is 7.97. The van der Waals surface area contributed by atoms with Gasteiger partial charge in [-0.1, -0.05) is 11.3 Å². The highest BCUT2D eigenvalue weighted by molar-refractivity contribution is 7.88. The summed E-state index contributed by atoms with van der Waals surface area (Å²) >= 11 is 1.70. The van der Waals surface area contributed by atoms with Crippen molar-refractivity contribution in [1.82, 2.24) is 9.29 Å². The first kappa shape index (κ1) is 17.4. The summed E-state index contributed by atoms with van der Waals surface area (Å²) in [5.74, 6) is 1.23. The van der Waals surface area contributed by atoms with Crippen molar-refractivity contribution >= 4 is 36.7 Å². The standard InChI is InChI=1S/C16H23N3O3S2/c1-18(24(3,20)21)11-12-6-8-19(9-7-12)16-17-14-10-13(22-2)4-5-15(14)23-16/h4-5,10,12H,6-9,11H2,1-3H3. The molecule has 1 saturated heterocycles. The fraction of sp³-hybridized carbons (Fsp3) is 0.562. The second kappa shape index (κ2) is 6.85. The first-order chi connectivity index (χ1) is 11.4. The van der Waals surface area contributed by atoms with Gasteiger partial charge in [-0.15, -0.1) is 0 Å². The maximum atomic E-state index is 11.5. The van der Waals surface area contributed by atoms with Crippen LogP contribution in [0.5, 0.6) is 5.75 Å². The van der Waals surface area contributed by atoms with E-state index in [0.717, 1.165) is 47.0 Å². The second-order valence-electron chi connectivity index (χ2n) is 6.30. The fourth-order valence-corrected chi connectivity index (χ4v) is 4.44. The minimum atomic E-state index is -3.09. The Morgan fingerprint density at radius 3 is 2.71 bits per heavy atom. The molecule has 0 unspecified atom stereocenters. The number of hydrogen-bond donors (Lipinski definition) is 0. The van der Waals surface area contributed by atoms with Crippen molar-refractivity contribution in [3.63, 3.8) is 0 Å². The lowest BCUT2D eigenvalue weighted by atomic mass is 9.97. The van der Waals surface area contributed by atoms with Crippen LogP contribution in [-0.2, 0) is 10.0 Å². The smallest absolute Gasteiger partial charge is 0.210 e. The number of ether oxygens (including phenoxy) is 1. The Morgan fingerprint density at radius 2 is 2.08 bits per heavy atom. The van der Waals surface area contributed by atoms with E-state index in [1.807, 2.05) is 18.2 Å². The molecule has 132 valence electrons. The zero-order valence-corrected chi connectivity index (χ0v) is 15.9. The number of aromatic nitrogens is 1. The number of anilines is 1. The summed E-state index contributed by atoms with van der Waals surface area (Å²) in [6.45, 7) is 2.43. The minimum Gasteiger partial charge on any atom is -0.497 e. The molecule has 0 atom stereocenters. The molecule has 0 amide bonds. The molecule has 8 heteroatoms. The molecule has 0 bridgehead atoms. The fourth-order valence-electron chi connectivity index (χ4n) is 2.96. The third-order valence-electron chi connectivity index (χ3n) is 4.55. The molecule has 1 aliphatic heterocycles. The van der Waals surface area contributed by atoms with E-state index in [1.54, 1.807) is 25.5 Å². The number of benzene rings is 1. The maximum absolute atomic E-state index is 11.5. The molecule has 1 aromatic heterocycles. The average molecular weight is 370 g/mol. The summed E-state index contributed by atoms with van der Waals surface area (Å²) in [6.07, 6.45) is 3.23. The van der Waals surface area contributed by atoms with Gasteiger partial charge >= 0.3 is 0 Å². The van der Waals surface area contributed by atoms with Crippen LogP contribution in [0.1, 0.15) is 12.8 Å². The van der Waals surface area contributed by atoms with Gasteiger partial charge in [0.15, 0.2) is 5.13 Å². The lowest BCUT2D eigenvalue weighted by molar-refractivity contribution is 0.329. The number of thiazole rings is 1. The largest absolute Gasteiger partial charge is 0.497 e. The molecule has 24 heavy (non-hydrogen) atoms. The van der Waals surface area contributed by atoms with E-state index in [2.05, 4.69) is 4.90 Å².